The number of oxime groups is 1. The summed E-state index contributed by atoms with van der Waals surface area (Å²) in [6.45, 7) is 0.509. The number of carbonyl (C=O) groups is 2. The van der Waals surface area contributed by atoms with Crippen molar-refractivity contribution in [3.05, 3.63) is 12.2 Å². The highest BCUT2D eigenvalue weighted by atomic mass is 16.6. The first kappa shape index (κ1) is 10.9. The topological polar surface area (TPSA) is 59.0 Å². The van der Waals surface area contributed by atoms with Gasteiger partial charge in [0.25, 0.3) is 11.8 Å². The standard InChI is InChI=1S/C11H14N2O3/c14-10-4-5-11(15)13(10)6-7-16-12-8-9-2-1-3-9/h4-5,8-9H,1-3,6-7H2. The first-order chi connectivity index (χ1) is 7.77. The van der Waals surface area contributed by atoms with Gasteiger partial charge in [0.15, 0.2) is 0 Å². The van der Waals surface area contributed by atoms with Gasteiger partial charge in [0.05, 0.1) is 6.54 Å². The number of rotatable bonds is 5. The fourth-order valence-corrected chi connectivity index (χ4v) is 1.55. The van der Waals surface area contributed by atoms with E-state index in [2.05, 4.69) is 5.16 Å². The molecule has 5 heteroatoms. The molecule has 0 aromatic rings. The van der Waals surface area contributed by atoms with Crippen LogP contribution in [-0.4, -0.2) is 36.1 Å². The molecule has 0 bridgehead atoms. The Hall–Kier alpha value is -1.65. The molecular weight excluding hydrogens is 208 g/mol. The Bertz CT molecular complexity index is 327. The van der Waals surface area contributed by atoms with Crippen LogP contribution in [0.3, 0.4) is 0 Å². The Balaban J connectivity index is 1.62. The van der Waals surface area contributed by atoms with Crippen LogP contribution in [0.5, 0.6) is 0 Å². The predicted molar refractivity (Wildman–Crippen MR) is 57.6 cm³/mol. The Morgan fingerprint density at radius 2 is 2.06 bits per heavy atom. The van der Waals surface area contributed by atoms with Crippen LogP contribution in [0.2, 0.25) is 0 Å². The van der Waals surface area contributed by atoms with E-state index in [0.717, 1.165) is 4.90 Å². The lowest BCUT2D eigenvalue weighted by Gasteiger charge is -2.19. The molecule has 2 amide bonds. The van der Waals surface area contributed by atoms with Crippen molar-refractivity contribution in [1.29, 1.82) is 0 Å². The molecule has 0 unspecified atom stereocenters. The molecular formula is C11H14N2O3. The highest BCUT2D eigenvalue weighted by Crippen LogP contribution is 2.23. The van der Waals surface area contributed by atoms with E-state index < -0.39 is 0 Å². The van der Waals surface area contributed by atoms with Gasteiger partial charge in [0.1, 0.15) is 6.61 Å². The molecule has 16 heavy (non-hydrogen) atoms. The van der Waals surface area contributed by atoms with Crippen molar-refractivity contribution in [2.75, 3.05) is 13.2 Å². The number of amides is 2. The second kappa shape index (κ2) is 4.92. The monoisotopic (exact) mass is 222 g/mol. The second-order valence-electron chi connectivity index (χ2n) is 3.94. The molecule has 2 aliphatic rings. The Morgan fingerprint density at radius 3 is 2.62 bits per heavy atom. The average molecular weight is 222 g/mol. The summed E-state index contributed by atoms with van der Waals surface area (Å²) in [7, 11) is 0. The molecule has 2 rings (SSSR count). The van der Waals surface area contributed by atoms with Gasteiger partial charge in [-0.25, -0.2) is 0 Å². The van der Waals surface area contributed by atoms with Crippen LogP contribution in [-0.2, 0) is 14.4 Å². The number of imide groups is 1. The highest BCUT2D eigenvalue weighted by molar-refractivity contribution is 6.12. The van der Waals surface area contributed by atoms with Crippen molar-refractivity contribution in [3.8, 4) is 0 Å². The lowest BCUT2D eigenvalue weighted by Crippen LogP contribution is -2.32. The number of hydrogen-bond acceptors (Lipinski definition) is 4. The van der Waals surface area contributed by atoms with E-state index in [1.54, 1.807) is 6.21 Å². The van der Waals surface area contributed by atoms with Crippen LogP contribution in [0, 0.1) is 5.92 Å². The lowest BCUT2D eigenvalue weighted by atomic mass is 9.87. The normalized spacial score (nSPS) is 20.9. The molecule has 1 aliphatic carbocycles. The first-order valence-electron chi connectivity index (χ1n) is 5.46. The molecule has 0 aromatic heterocycles. The van der Waals surface area contributed by atoms with Gasteiger partial charge < -0.3 is 4.84 Å². The number of carbonyl (C=O) groups excluding carboxylic acids is 2. The van der Waals surface area contributed by atoms with E-state index in [1.807, 2.05) is 0 Å². The van der Waals surface area contributed by atoms with Gasteiger partial charge in [-0.2, -0.15) is 0 Å². The Kier molecular flexibility index (Phi) is 3.34. The van der Waals surface area contributed by atoms with E-state index in [0.29, 0.717) is 5.92 Å². The van der Waals surface area contributed by atoms with Crippen molar-refractivity contribution >= 4 is 18.0 Å². The summed E-state index contributed by atoms with van der Waals surface area (Å²) < 4.78 is 0. The third-order valence-corrected chi connectivity index (χ3v) is 2.80. The summed E-state index contributed by atoms with van der Waals surface area (Å²) in [6.07, 6.45) is 7.95. The van der Waals surface area contributed by atoms with Gasteiger partial charge in [-0.05, 0) is 18.8 Å². The zero-order chi connectivity index (χ0) is 11.4. The Labute approximate surface area is 93.7 Å². The second-order valence-corrected chi connectivity index (χ2v) is 3.94. The van der Waals surface area contributed by atoms with Crippen molar-refractivity contribution in [2.24, 2.45) is 11.1 Å². The molecule has 1 heterocycles. The van der Waals surface area contributed by atoms with Crippen molar-refractivity contribution in [2.45, 2.75) is 19.3 Å². The molecule has 0 aromatic carbocycles. The van der Waals surface area contributed by atoms with Crippen LogP contribution in [0.25, 0.3) is 0 Å². The number of hydrogen-bond donors (Lipinski definition) is 0. The maximum Gasteiger partial charge on any atom is 0.253 e. The van der Waals surface area contributed by atoms with Crippen molar-refractivity contribution in [1.82, 2.24) is 4.90 Å². The van der Waals surface area contributed by atoms with Crippen LogP contribution < -0.4 is 0 Å². The van der Waals surface area contributed by atoms with Gasteiger partial charge >= 0.3 is 0 Å². The summed E-state index contributed by atoms with van der Waals surface area (Å²) in [5.41, 5.74) is 0. The lowest BCUT2D eigenvalue weighted by molar-refractivity contribution is -0.137. The maximum atomic E-state index is 11.1. The molecule has 0 saturated heterocycles. The van der Waals surface area contributed by atoms with Gasteiger partial charge in [-0.3, -0.25) is 14.5 Å². The zero-order valence-electron chi connectivity index (χ0n) is 8.96. The van der Waals surface area contributed by atoms with Crippen molar-refractivity contribution < 1.29 is 14.4 Å². The van der Waals surface area contributed by atoms with Crippen LogP contribution in [0.15, 0.2) is 17.3 Å². The van der Waals surface area contributed by atoms with Gasteiger partial charge in [0.2, 0.25) is 0 Å². The maximum absolute atomic E-state index is 11.1. The number of nitrogens with zero attached hydrogens (tertiary/aromatic N) is 2. The summed E-state index contributed by atoms with van der Waals surface area (Å²) in [5, 5.41) is 3.81. The third-order valence-electron chi connectivity index (χ3n) is 2.80. The fraction of sp³-hybridized carbons (Fsp3) is 0.545. The van der Waals surface area contributed by atoms with Gasteiger partial charge in [0, 0.05) is 18.4 Å². The minimum Gasteiger partial charge on any atom is -0.394 e. The summed E-state index contributed by atoms with van der Waals surface area (Å²) in [5.74, 6) is -0.00939. The quantitative estimate of drug-likeness (QED) is 0.298. The zero-order valence-corrected chi connectivity index (χ0v) is 8.96. The van der Waals surface area contributed by atoms with Crippen molar-refractivity contribution in [3.63, 3.8) is 0 Å². The minimum atomic E-state index is -0.281. The molecule has 1 aliphatic heterocycles. The summed E-state index contributed by atoms with van der Waals surface area (Å²) in [4.78, 5) is 28.4. The molecule has 0 N–H and O–H groups in total. The smallest absolute Gasteiger partial charge is 0.253 e. The SMILES string of the molecule is O=C1C=CC(=O)N1CCON=CC1CCC1. The predicted octanol–water partition coefficient (Wildman–Crippen LogP) is 0.714. The van der Waals surface area contributed by atoms with Gasteiger partial charge in [-0.15, -0.1) is 0 Å². The summed E-state index contributed by atoms with van der Waals surface area (Å²) in [6, 6.07) is 0. The molecule has 0 atom stereocenters. The largest absolute Gasteiger partial charge is 0.394 e. The molecule has 1 saturated carbocycles. The van der Waals surface area contributed by atoms with Crippen LogP contribution >= 0.6 is 0 Å². The van der Waals surface area contributed by atoms with Gasteiger partial charge in [-0.1, -0.05) is 11.6 Å². The van der Waals surface area contributed by atoms with E-state index >= 15 is 0 Å². The molecule has 0 spiro atoms. The Morgan fingerprint density at radius 1 is 1.38 bits per heavy atom. The van der Waals surface area contributed by atoms with Crippen LogP contribution in [0.4, 0.5) is 0 Å². The minimum absolute atomic E-state index is 0.252. The van der Waals surface area contributed by atoms with E-state index in [1.165, 1.54) is 31.4 Å². The molecule has 5 nitrogen and oxygen atoms in total. The van der Waals surface area contributed by atoms with Crippen LogP contribution in [0.1, 0.15) is 19.3 Å². The average Bonchev–Trinajstić information content (AvgIpc) is 2.51. The van der Waals surface area contributed by atoms with E-state index in [-0.39, 0.29) is 25.0 Å². The van der Waals surface area contributed by atoms with E-state index in [9.17, 15) is 9.59 Å². The molecule has 1 fully saturated rings. The highest BCUT2D eigenvalue weighted by Gasteiger charge is 2.22. The van der Waals surface area contributed by atoms with E-state index in [4.69, 9.17) is 4.84 Å². The third kappa shape index (κ3) is 2.48. The molecule has 86 valence electrons. The first-order valence-corrected chi connectivity index (χ1v) is 5.46. The summed E-state index contributed by atoms with van der Waals surface area (Å²) >= 11 is 0. The fourth-order valence-electron chi connectivity index (χ4n) is 1.55. The molecule has 0 radical (unpaired) electrons.